The van der Waals surface area contributed by atoms with Gasteiger partial charge >= 0.3 is 0 Å². The first-order chi connectivity index (χ1) is 13.0. The molecule has 0 aromatic heterocycles. The molecule has 2 aromatic rings. The number of hydrogen-bond donors (Lipinski definition) is 0. The standard InChI is InChI=1S/C20H21Cl2N3OS/c1-14(26)25-5-4-15-10-19(2-3-20(15)25)27-24-8-6-23(7-9-24)18-12-16(21)11-17(22)13-18/h2-3,10-13H,4-9H2,1H3. The Hall–Kier alpha value is -1.40. The highest BCUT2D eigenvalue weighted by atomic mass is 35.5. The van der Waals surface area contributed by atoms with Gasteiger partial charge in [-0.3, -0.25) is 4.79 Å². The second-order valence-corrected chi connectivity index (χ2v) is 8.89. The predicted molar refractivity (Wildman–Crippen MR) is 114 cm³/mol. The number of halogens is 2. The van der Waals surface area contributed by atoms with E-state index >= 15 is 0 Å². The van der Waals surface area contributed by atoms with Crippen molar-refractivity contribution in [1.82, 2.24) is 4.31 Å². The molecule has 142 valence electrons. The molecule has 4 rings (SSSR count). The SMILES string of the molecule is CC(=O)N1CCc2cc(SN3CCN(c4cc(Cl)cc(Cl)c4)CC3)ccc21. The lowest BCUT2D eigenvalue weighted by Crippen LogP contribution is -2.43. The smallest absolute Gasteiger partial charge is 0.223 e. The van der Waals surface area contributed by atoms with Crippen LogP contribution in [0.1, 0.15) is 12.5 Å². The van der Waals surface area contributed by atoms with Crippen LogP contribution in [0, 0.1) is 0 Å². The molecule has 0 unspecified atom stereocenters. The van der Waals surface area contributed by atoms with Gasteiger partial charge < -0.3 is 9.80 Å². The topological polar surface area (TPSA) is 26.8 Å². The van der Waals surface area contributed by atoms with E-state index in [0.29, 0.717) is 10.0 Å². The summed E-state index contributed by atoms with van der Waals surface area (Å²) in [5.41, 5.74) is 3.41. The summed E-state index contributed by atoms with van der Waals surface area (Å²) in [6.45, 7) is 6.22. The second kappa shape index (κ2) is 7.92. The molecule has 0 N–H and O–H groups in total. The number of anilines is 2. The van der Waals surface area contributed by atoms with E-state index < -0.39 is 0 Å². The highest BCUT2D eigenvalue weighted by Gasteiger charge is 2.23. The van der Waals surface area contributed by atoms with Gasteiger partial charge in [0.2, 0.25) is 5.91 Å². The molecule has 1 saturated heterocycles. The van der Waals surface area contributed by atoms with Gasteiger partial charge in [-0.15, -0.1) is 0 Å². The van der Waals surface area contributed by atoms with Crippen molar-refractivity contribution in [1.29, 1.82) is 0 Å². The van der Waals surface area contributed by atoms with Gasteiger partial charge in [0.1, 0.15) is 0 Å². The van der Waals surface area contributed by atoms with Crippen molar-refractivity contribution in [3.8, 4) is 0 Å². The average Bonchev–Trinajstić information content (AvgIpc) is 3.05. The fourth-order valence-corrected chi connectivity index (χ4v) is 5.15. The Kier molecular flexibility index (Phi) is 5.55. The van der Waals surface area contributed by atoms with Gasteiger partial charge in [0, 0.05) is 66.0 Å². The summed E-state index contributed by atoms with van der Waals surface area (Å²) in [5.74, 6) is 0.117. The van der Waals surface area contributed by atoms with Gasteiger partial charge in [-0.1, -0.05) is 23.2 Å². The van der Waals surface area contributed by atoms with Gasteiger partial charge in [-0.25, -0.2) is 4.31 Å². The molecule has 0 bridgehead atoms. The molecule has 1 amide bonds. The fraction of sp³-hybridized carbons (Fsp3) is 0.350. The van der Waals surface area contributed by atoms with Gasteiger partial charge in [0.05, 0.1) is 0 Å². The van der Waals surface area contributed by atoms with Crippen LogP contribution >= 0.6 is 35.1 Å². The van der Waals surface area contributed by atoms with Crippen molar-refractivity contribution in [2.75, 3.05) is 42.5 Å². The summed E-state index contributed by atoms with van der Waals surface area (Å²) in [4.78, 5) is 17.1. The molecule has 2 aliphatic heterocycles. The summed E-state index contributed by atoms with van der Waals surface area (Å²) in [6, 6.07) is 12.1. The van der Waals surface area contributed by atoms with Crippen molar-refractivity contribution in [3.05, 3.63) is 52.0 Å². The van der Waals surface area contributed by atoms with Crippen molar-refractivity contribution in [2.24, 2.45) is 0 Å². The molecule has 2 aliphatic rings. The van der Waals surface area contributed by atoms with Crippen LogP contribution in [-0.2, 0) is 11.2 Å². The first-order valence-corrected chi connectivity index (χ1v) is 10.6. The minimum absolute atomic E-state index is 0.117. The highest BCUT2D eigenvalue weighted by molar-refractivity contribution is 7.97. The van der Waals surface area contributed by atoms with Gasteiger partial charge in [-0.2, -0.15) is 0 Å². The molecule has 1 fully saturated rings. The third-order valence-electron chi connectivity index (χ3n) is 5.01. The van der Waals surface area contributed by atoms with Crippen molar-refractivity contribution in [2.45, 2.75) is 18.2 Å². The number of carbonyl (C=O) groups excluding carboxylic acids is 1. The van der Waals surface area contributed by atoms with Crippen LogP contribution in [0.5, 0.6) is 0 Å². The van der Waals surface area contributed by atoms with E-state index in [1.54, 1.807) is 24.9 Å². The summed E-state index contributed by atoms with van der Waals surface area (Å²) in [7, 11) is 0. The van der Waals surface area contributed by atoms with Crippen LogP contribution in [0.15, 0.2) is 41.3 Å². The van der Waals surface area contributed by atoms with E-state index in [4.69, 9.17) is 23.2 Å². The molecule has 2 aromatic carbocycles. The average molecular weight is 422 g/mol. The molecule has 0 aliphatic carbocycles. The Morgan fingerprint density at radius 3 is 2.33 bits per heavy atom. The lowest BCUT2D eigenvalue weighted by Gasteiger charge is -2.35. The quantitative estimate of drug-likeness (QED) is 0.669. The molecule has 4 nitrogen and oxygen atoms in total. The maximum atomic E-state index is 11.7. The molecule has 0 radical (unpaired) electrons. The van der Waals surface area contributed by atoms with Gasteiger partial charge in [0.25, 0.3) is 0 Å². The van der Waals surface area contributed by atoms with Crippen LogP contribution in [-0.4, -0.2) is 42.9 Å². The molecule has 0 saturated carbocycles. The zero-order valence-electron chi connectivity index (χ0n) is 15.1. The van der Waals surface area contributed by atoms with Gasteiger partial charge in [0.15, 0.2) is 0 Å². The Morgan fingerprint density at radius 1 is 0.963 bits per heavy atom. The Balaban J connectivity index is 1.38. The number of carbonyl (C=O) groups is 1. The minimum Gasteiger partial charge on any atom is -0.369 e. The fourth-order valence-electron chi connectivity index (χ4n) is 3.67. The number of rotatable bonds is 3. The zero-order valence-corrected chi connectivity index (χ0v) is 17.4. The van der Waals surface area contributed by atoms with Crippen LogP contribution in [0.25, 0.3) is 0 Å². The first-order valence-electron chi connectivity index (χ1n) is 9.04. The van der Waals surface area contributed by atoms with Crippen LogP contribution < -0.4 is 9.80 Å². The van der Waals surface area contributed by atoms with E-state index in [1.165, 1.54) is 10.5 Å². The molecular weight excluding hydrogens is 401 g/mol. The minimum atomic E-state index is 0.117. The third kappa shape index (κ3) is 4.21. The van der Waals surface area contributed by atoms with Crippen LogP contribution in [0.4, 0.5) is 11.4 Å². The summed E-state index contributed by atoms with van der Waals surface area (Å²) >= 11 is 14.1. The third-order valence-corrected chi connectivity index (χ3v) is 6.54. The highest BCUT2D eigenvalue weighted by Crippen LogP contribution is 2.34. The molecule has 0 atom stereocenters. The maximum Gasteiger partial charge on any atom is 0.223 e. The second-order valence-electron chi connectivity index (χ2n) is 6.85. The number of fused-ring (bicyclic) bond motifs is 1. The lowest BCUT2D eigenvalue weighted by molar-refractivity contribution is -0.116. The van der Waals surface area contributed by atoms with Crippen LogP contribution in [0.3, 0.4) is 0 Å². The number of hydrogen-bond acceptors (Lipinski definition) is 4. The zero-order chi connectivity index (χ0) is 19.0. The Bertz CT molecular complexity index is 848. The van der Waals surface area contributed by atoms with E-state index in [1.807, 2.05) is 17.0 Å². The Morgan fingerprint density at radius 2 is 1.67 bits per heavy atom. The Labute approximate surface area is 174 Å². The summed E-state index contributed by atoms with van der Waals surface area (Å²) in [6.07, 6.45) is 0.937. The molecule has 7 heteroatoms. The molecule has 2 heterocycles. The van der Waals surface area contributed by atoms with E-state index in [2.05, 4.69) is 27.4 Å². The summed E-state index contributed by atoms with van der Waals surface area (Å²) < 4.78 is 2.39. The maximum absolute atomic E-state index is 11.7. The van der Waals surface area contributed by atoms with E-state index in [-0.39, 0.29) is 5.91 Å². The largest absolute Gasteiger partial charge is 0.369 e. The van der Waals surface area contributed by atoms with Crippen molar-refractivity contribution in [3.63, 3.8) is 0 Å². The summed E-state index contributed by atoms with van der Waals surface area (Å²) in [5, 5.41) is 1.35. The first kappa shape index (κ1) is 18.9. The normalized spacial score (nSPS) is 17.3. The van der Waals surface area contributed by atoms with Crippen LogP contribution in [0.2, 0.25) is 10.0 Å². The van der Waals surface area contributed by atoms with Crippen molar-refractivity contribution < 1.29 is 4.79 Å². The number of amides is 1. The predicted octanol–water partition coefficient (Wildman–Crippen LogP) is 4.73. The van der Waals surface area contributed by atoms with E-state index in [9.17, 15) is 4.79 Å². The lowest BCUT2D eigenvalue weighted by atomic mass is 10.2. The molecule has 0 spiro atoms. The molecule has 27 heavy (non-hydrogen) atoms. The monoisotopic (exact) mass is 421 g/mol. The number of nitrogens with zero attached hydrogens (tertiary/aromatic N) is 3. The van der Waals surface area contributed by atoms with Gasteiger partial charge in [-0.05, 0) is 60.3 Å². The molecular formula is C20H21Cl2N3OS. The van der Waals surface area contributed by atoms with Crippen molar-refractivity contribution >= 4 is 52.4 Å². The van der Waals surface area contributed by atoms with E-state index in [0.717, 1.165) is 50.5 Å². The number of piperazine rings is 1. The number of benzene rings is 2.